The van der Waals surface area contributed by atoms with Crippen LogP contribution in [0.15, 0.2) is 60.7 Å². The highest BCUT2D eigenvalue weighted by Gasteiger charge is 2.50. The number of carbonyl (C=O) groups excluding carboxylic acids is 2. The third-order valence-electron chi connectivity index (χ3n) is 8.99. The Morgan fingerprint density at radius 1 is 0.902 bits per heavy atom. The lowest BCUT2D eigenvalue weighted by Gasteiger charge is -2.48. The third-order valence-corrected chi connectivity index (χ3v) is 13.6. The maximum absolute atomic E-state index is 12.4. The molecule has 226 valence electrons. The molecule has 8 heteroatoms. The number of esters is 1. The zero-order valence-electron chi connectivity index (χ0n) is 26.0. The van der Waals surface area contributed by atoms with Crippen molar-refractivity contribution in [3.8, 4) is 0 Å². The molecule has 1 fully saturated rings. The van der Waals surface area contributed by atoms with Crippen molar-refractivity contribution in [1.82, 2.24) is 5.32 Å². The maximum Gasteiger partial charge on any atom is 0.302 e. The minimum Gasteiger partial charge on any atom is -0.460 e. The molecule has 1 amide bonds. The topological polar surface area (TPSA) is 83.1 Å². The number of rotatable bonds is 13. The monoisotopic (exact) mass is 583 g/mol. The van der Waals surface area contributed by atoms with Crippen LogP contribution < -0.4 is 5.32 Å². The van der Waals surface area contributed by atoms with Gasteiger partial charge in [0.1, 0.15) is 12.2 Å². The second-order valence-corrected chi connectivity index (χ2v) is 17.2. The minimum absolute atomic E-state index is 0.0409. The molecule has 0 radical (unpaired) electrons. The van der Waals surface area contributed by atoms with Gasteiger partial charge in [-0.25, -0.2) is 0 Å². The predicted octanol–water partition coefficient (Wildman–Crippen LogP) is 6.27. The van der Waals surface area contributed by atoms with E-state index in [-0.39, 0.29) is 16.9 Å². The van der Waals surface area contributed by atoms with Crippen molar-refractivity contribution >= 4 is 20.2 Å². The molecule has 0 unspecified atom stereocenters. The van der Waals surface area contributed by atoms with Crippen molar-refractivity contribution in [2.45, 2.75) is 104 Å². The van der Waals surface area contributed by atoms with E-state index in [0.29, 0.717) is 32.2 Å². The molecule has 1 aliphatic rings. The zero-order chi connectivity index (χ0) is 30.2. The van der Waals surface area contributed by atoms with Crippen molar-refractivity contribution in [1.29, 1.82) is 0 Å². The lowest BCUT2D eigenvalue weighted by molar-refractivity contribution is -0.186. The summed E-state index contributed by atoms with van der Waals surface area (Å²) in [5.41, 5.74) is 2.05. The first-order chi connectivity index (χ1) is 19.3. The highest BCUT2D eigenvalue weighted by Crippen LogP contribution is 2.45. The van der Waals surface area contributed by atoms with Crippen LogP contribution in [-0.2, 0) is 41.4 Å². The number of hydrogen-bond acceptors (Lipinski definition) is 6. The number of amides is 1. The summed E-state index contributed by atoms with van der Waals surface area (Å²) in [6, 6.07) is 19.3. The van der Waals surface area contributed by atoms with Crippen LogP contribution in [0.1, 0.15) is 59.1 Å². The van der Waals surface area contributed by atoms with E-state index in [4.69, 9.17) is 18.6 Å². The predicted molar refractivity (Wildman–Crippen MR) is 164 cm³/mol. The van der Waals surface area contributed by atoms with E-state index in [1.54, 1.807) is 0 Å². The first-order valence-electron chi connectivity index (χ1n) is 14.7. The van der Waals surface area contributed by atoms with Gasteiger partial charge in [0.15, 0.2) is 8.32 Å². The first-order valence-corrected chi connectivity index (χ1v) is 17.6. The summed E-state index contributed by atoms with van der Waals surface area (Å²) in [4.78, 5) is 24.6. The molecule has 5 atom stereocenters. The van der Waals surface area contributed by atoms with Crippen LogP contribution in [0.3, 0.4) is 0 Å². The molecule has 0 heterocycles. The fourth-order valence-electron chi connectivity index (χ4n) is 5.33. The molecule has 1 aliphatic carbocycles. The number of carbonyl (C=O) groups is 2. The number of hydrogen-bond donors (Lipinski definition) is 1. The van der Waals surface area contributed by atoms with Crippen LogP contribution >= 0.6 is 0 Å². The fourth-order valence-corrected chi connectivity index (χ4v) is 7.72. The molecule has 2 aromatic carbocycles. The SMILES string of the molecule is CC(=O)N[C@H]1[C@@H](OCc2ccccc2)[C@H](OCc2ccccc2)[C@@H](CO[Si](C)(C)C(C)(C)C(C)C)C[C@@H]1OC(C)=O. The summed E-state index contributed by atoms with van der Waals surface area (Å²) in [6.07, 6.45) is -1.07. The minimum atomic E-state index is -2.16. The van der Waals surface area contributed by atoms with E-state index in [1.807, 2.05) is 60.7 Å². The number of ether oxygens (including phenoxy) is 3. The molecular weight excluding hydrogens is 534 g/mol. The smallest absolute Gasteiger partial charge is 0.302 e. The van der Waals surface area contributed by atoms with Gasteiger partial charge in [0.25, 0.3) is 0 Å². The summed E-state index contributed by atoms with van der Waals surface area (Å²) in [7, 11) is -2.16. The van der Waals surface area contributed by atoms with Gasteiger partial charge >= 0.3 is 5.97 Å². The van der Waals surface area contributed by atoms with Gasteiger partial charge < -0.3 is 24.0 Å². The van der Waals surface area contributed by atoms with E-state index in [0.717, 1.165) is 11.1 Å². The van der Waals surface area contributed by atoms with Crippen molar-refractivity contribution in [3.05, 3.63) is 71.8 Å². The van der Waals surface area contributed by atoms with E-state index in [9.17, 15) is 9.59 Å². The average Bonchev–Trinajstić information content (AvgIpc) is 2.91. The summed E-state index contributed by atoms with van der Waals surface area (Å²) in [5, 5.41) is 3.07. The Morgan fingerprint density at radius 3 is 1.88 bits per heavy atom. The molecular formula is C33H49NO6Si. The Morgan fingerprint density at radius 2 is 1.41 bits per heavy atom. The van der Waals surface area contributed by atoms with E-state index < -0.39 is 38.6 Å². The largest absolute Gasteiger partial charge is 0.460 e. The Labute approximate surface area is 247 Å². The van der Waals surface area contributed by atoms with Crippen LogP contribution in [0, 0.1) is 11.8 Å². The van der Waals surface area contributed by atoms with Crippen LogP contribution in [0.4, 0.5) is 0 Å². The van der Waals surface area contributed by atoms with Crippen molar-refractivity contribution in [2.24, 2.45) is 11.8 Å². The number of benzene rings is 2. The van der Waals surface area contributed by atoms with Crippen molar-refractivity contribution < 1.29 is 28.2 Å². The molecule has 0 aliphatic heterocycles. The second-order valence-electron chi connectivity index (χ2n) is 12.6. The third kappa shape index (κ3) is 8.98. The van der Waals surface area contributed by atoms with Gasteiger partial charge in [0.2, 0.25) is 5.91 Å². The maximum atomic E-state index is 12.4. The van der Waals surface area contributed by atoms with Gasteiger partial charge in [-0.05, 0) is 41.6 Å². The van der Waals surface area contributed by atoms with Crippen LogP contribution in [0.25, 0.3) is 0 Å². The van der Waals surface area contributed by atoms with Gasteiger partial charge in [-0.15, -0.1) is 0 Å². The van der Waals surface area contributed by atoms with Crippen LogP contribution in [0.2, 0.25) is 18.1 Å². The Balaban J connectivity index is 1.98. The molecule has 3 rings (SSSR count). The van der Waals surface area contributed by atoms with Gasteiger partial charge in [-0.3, -0.25) is 9.59 Å². The summed E-state index contributed by atoms with van der Waals surface area (Å²) >= 11 is 0. The molecule has 1 saturated carbocycles. The molecule has 41 heavy (non-hydrogen) atoms. The highest BCUT2D eigenvalue weighted by atomic mass is 28.4. The van der Waals surface area contributed by atoms with Gasteiger partial charge in [-0.1, -0.05) is 88.4 Å². The Hall–Kier alpha value is -2.52. The average molecular weight is 584 g/mol. The summed E-state index contributed by atoms with van der Waals surface area (Å²) in [6.45, 7) is 17.6. The van der Waals surface area contributed by atoms with E-state index in [2.05, 4.69) is 46.1 Å². The Bertz CT molecular complexity index is 1110. The quantitative estimate of drug-likeness (QED) is 0.221. The molecule has 0 saturated heterocycles. The Kier molecular flexibility index (Phi) is 11.7. The summed E-state index contributed by atoms with van der Waals surface area (Å²) in [5.74, 6) is -0.278. The fraction of sp³-hybridized carbons (Fsp3) is 0.576. The van der Waals surface area contributed by atoms with Crippen molar-refractivity contribution in [2.75, 3.05) is 6.61 Å². The molecule has 7 nitrogen and oxygen atoms in total. The normalized spacial score (nSPS) is 23.3. The van der Waals surface area contributed by atoms with E-state index in [1.165, 1.54) is 13.8 Å². The molecule has 0 bridgehead atoms. The standard InChI is InChI=1S/C33H49NO6Si/c1-23(2)33(5,6)41(7,8)39-22-28-19-29(40-25(4)36)30(34-24(3)35)32(38-21-27-17-13-10-14-18-27)31(28)37-20-26-15-11-9-12-16-26/h9-18,23,28-32H,19-22H2,1-8H3,(H,34,35)/t28-,29+,30-,31-,32-/m1/s1. The van der Waals surface area contributed by atoms with Gasteiger partial charge in [-0.2, -0.15) is 0 Å². The molecule has 1 N–H and O–H groups in total. The van der Waals surface area contributed by atoms with E-state index >= 15 is 0 Å². The van der Waals surface area contributed by atoms with Crippen LogP contribution in [0.5, 0.6) is 0 Å². The lowest BCUT2D eigenvalue weighted by atomic mass is 9.79. The van der Waals surface area contributed by atoms with Gasteiger partial charge in [0.05, 0.1) is 25.4 Å². The molecule has 0 spiro atoms. The molecule has 2 aromatic rings. The second kappa shape index (κ2) is 14.6. The molecule has 0 aromatic heterocycles. The number of nitrogens with one attached hydrogen (secondary N) is 1. The van der Waals surface area contributed by atoms with Crippen molar-refractivity contribution in [3.63, 3.8) is 0 Å². The summed E-state index contributed by atoms with van der Waals surface area (Å²) < 4.78 is 25.9. The highest BCUT2D eigenvalue weighted by molar-refractivity contribution is 6.74. The zero-order valence-corrected chi connectivity index (χ0v) is 27.0. The van der Waals surface area contributed by atoms with Gasteiger partial charge in [0, 0.05) is 26.4 Å². The lowest BCUT2D eigenvalue weighted by Crippen LogP contribution is -2.63. The first kappa shape index (κ1) is 33.0. The van der Waals surface area contributed by atoms with Crippen LogP contribution in [-0.4, -0.2) is 51.2 Å².